The van der Waals surface area contributed by atoms with Crippen LogP contribution in [0.5, 0.6) is 0 Å². The van der Waals surface area contributed by atoms with Crippen molar-refractivity contribution in [2.75, 3.05) is 26.7 Å². The van der Waals surface area contributed by atoms with Crippen LogP contribution >= 0.6 is 0 Å². The lowest BCUT2D eigenvalue weighted by atomic mass is 9.83. The first kappa shape index (κ1) is 19.1. The second-order valence-corrected chi connectivity index (χ2v) is 8.03. The summed E-state index contributed by atoms with van der Waals surface area (Å²) in [6, 6.07) is 18.8. The maximum atomic E-state index is 11.1. The van der Waals surface area contributed by atoms with Crippen molar-refractivity contribution in [3.63, 3.8) is 0 Å². The van der Waals surface area contributed by atoms with Crippen molar-refractivity contribution in [3.8, 4) is 11.1 Å². The summed E-state index contributed by atoms with van der Waals surface area (Å²) in [5.74, 6) is 0. The van der Waals surface area contributed by atoms with Crippen molar-refractivity contribution in [2.45, 2.75) is 44.3 Å². The van der Waals surface area contributed by atoms with Gasteiger partial charge in [0.05, 0.1) is 11.2 Å². The molecular weight excluding hydrogens is 322 g/mol. The first-order valence-electron chi connectivity index (χ1n) is 9.58. The van der Waals surface area contributed by atoms with Crippen molar-refractivity contribution < 1.29 is 9.84 Å². The second kappa shape index (κ2) is 7.91. The lowest BCUT2D eigenvalue weighted by molar-refractivity contribution is -0.0361. The first-order chi connectivity index (χ1) is 12.4. The van der Waals surface area contributed by atoms with Crippen LogP contribution in [-0.4, -0.2) is 42.4 Å². The Morgan fingerprint density at radius 1 is 0.962 bits per heavy atom. The Balaban J connectivity index is 1.60. The van der Waals surface area contributed by atoms with Gasteiger partial charge in [0.2, 0.25) is 0 Å². The summed E-state index contributed by atoms with van der Waals surface area (Å²) in [6.07, 6.45) is 2.57. The summed E-state index contributed by atoms with van der Waals surface area (Å²) in [7, 11) is 1.77. The fourth-order valence-electron chi connectivity index (χ4n) is 3.57. The molecule has 0 spiro atoms. The lowest BCUT2D eigenvalue weighted by Gasteiger charge is -2.39. The highest BCUT2D eigenvalue weighted by molar-refractivity contribution is 5.63. The average molecular weight is 354 g/mol. The van der Waals surface area contributed by atoms with Crippen LogP contribution in [0.1, 0.15) is 38.7 Å². The Labute approximate surface area is 157 Å². The third-order valence-electron chi connectivity index (χ3n) is 5.80. The zero-order chi connectivity index (χ0) is 18.6. The smallest absolute Gasteiger partial charge is 0.0920 e. The van der Waals surface area contributed by atoms with E-state index in [0.717, 1.165) is 44.5 Å². The summed E-state index contributed by atoms with van der Waals surface area (Å²) in [6.45, 7) is 7.13. The highest BCUT2D eigenvalue weighted by Crippen LogP contribution is 2.34. The van der Waals surface area contributed by atoms with E-state index in [9.17, 15) is 5.11 Å². The van der Waals surface area contributed by atoms with E-state index in [1.54, 1.807) is 7.11 Å². The van der Waals surface area contributed by atoms with E-state index in [1.165, 1.54) is 11.1 Å². The largest absolute Gasteiger partial charge is 0.385 e. The van der Waals surface area contributed by atoms with E-state index in [0.29, 0.717) is 0 Å². The minimum atomic E-state index is -0.706. The van der Waals surface area contributed by atoms with Gasteiger partial charge in [-0.15, -0.1) is 0 Å². The quantitative estimate of drug-likeness (QED) is 0.833. The highest BCUT2D eigenvalue weighted by atomic mass is 16.5. The molecule has 26 heavy (non-hydrogen) atoms. The number of piperidine rings is 1. The topological polar surface area (TPSA) is 32.7 Å². The van der Waals surface area contributed by atoms with Gasteiger partial charge in [0.1, 0.15) is 0 Å². The Morgan fingerprint density at radius 2 is 1.54 bits per heavy atom. The second-order valence-electron chi connectivity index (χ2n) is 8.03. The summed E-state index contributed by atoms with van der Waals surface area (Å²) in [4.78, 5) is 2.44. The molecule has 1 saturated heterocycles. The van der Waals surface area contributed by atoms with Crippen LogP contribution in [0.25, 0.3) is 11.1 Å². The molecule has 3 nitrogen and oxygen atoms in total. The Morgan fingerprint density at radius 3 is 2.12 bits per heavy atom. The molecule has 3 heteroatoms. The van der Waals surface area contributed by atoms with Gasteiger partial charge < -0.3 is 14.7 Å². The van der Waals surface area contributed by atoms with Crippen molar-refractivity contribution in [1.82, 2.24) is 4.90 Å². The highest BCUT2D eigenvalue weighted by Gasteiger charge is 2.34. The number of nitrogens with zero attached hydrogens (tertiary/aromatic N) is 1. The van der Waals surface area contributed by atoms with Gasteiger partial charge in [-0.3, -0.25) is 0 Å². The molecule has 0 atom stereocenters. The average Bonchev–Trinajstić information content (AvgIpc) is 2.68. The molecule has 0 saturated carbocycles. The van der Waals surface area contributed by atoms with E-state index in [-0.39, 0.29) is 5.60 Å². The number of benzene rings is 2. The van der Waals surface area contributed by atoms with Gasteiger partial charge in [-0.2, -0.15) is 0 Å². The molecule has 0 aliphatic carbocycles. The molecule has 2 aromatic carbocycles. The third-order valence-corrected chi connectivity index (χ3v) is 5.80. The van der Waals surface area contributed by atoms with Crippen LogP contribution in [0.3, 0.4) is 0 Å². The predicted octanol–water partition coefficient (Wildman–Crippen LogP) is 4.45. The van der Waals surface area contributed by atoms with E-state index in [1.807, 2.05) is 6.07 Å². The fraction of sp³-hybridized carbons (Fsp3) is 0.478. The standard InChI is InChI=1S/C23H31NO2/c1-22(2,26-3)13-16-24-17-14-23(25,15-18-24)21-11-9-20(10-12-21)19-7-5-4-6-8-19/h4-12,25H,13-18H2,1-3H3. The van der Waals surface area contributed by atoms with Crippen molar-refractivity contribution in [2.24, 2.45) is 0 Å². The van der Waals surface area contributed by atoms with Crippen LogP contribution < -0.4 is 0 Å². The zero-order valence-corrected chi connectivity index (χ0v) is 16.2. The van der Waals surface area contributed by atoms with Crippen molar-refractivity contribution >= 4 is 0 Å². The molecule has 140 valence electrons. The minimum Gasteiger partial charge on any atom is -0.385 e. The summed E-state index contributed by atoms with van der Waals surface area (Å²) in [5, 5.41) is 11.1. The normalized spacial score (nSPS) is 18.0. The summed E-state index contributed by atoms with van der Waals surface area (Å²) < 4.78 is 5.51. The third kappa shape index (κ3) is 4.53. The predicted molar refractivity (Wildman–Crippen MR) is 107 cm³/mol. The van der Waals surface area contributed by atoms with Gasteiger partial charge in [-0.05, 0) is 49.8 Å². The number of likely N-dealkylation sites (tertiary alicyclic amines) is 1. The van der Waals surface area contributed by atoms with E-state index in [4.69, 9.17) is 4.74 Å². The number of ether oxygens (including phenoxy) is 1. The summed E-state index contributed by atoms with van der Waals surface area (Å²) >= 11 is 0. The van der Waals surface area contributed by atoms with Gasteiger partial charge in [0, 0.05) is 26.7 Å². The molecule has 1 aliphatic rings. The van der Waals surface area contributed by atoms with Crippen LogP contribution in [0.15, 0.2) is 54.6 Å². The van der Waals surface area contributed by atoms with Gasteiger partial charge in [0.25, 0.3) is 0 Å². The van der Waals surface area contributed by atoms with Crippen molar-refractivity contribution in [1.29, 1.82) is 0 Å². The SMILES string of the molecule is COC(C)(C)CCN1CCC(O)(c2ccc(-c3ccccc3)cc2)CC1. The Hall–Kier alpha value is -1.68. The lowest BCUT2D eigenvalue weighted by Crippen LogP contribution is -2.44. The van der Waals surface area contributed by atoms with Crippen LogP contribution in [0.4, 0.5) is 0 Å². The van der Waals surface area contributed by atoms with Gasteiger partial charge in [-0.25, -0.2) is 0 Å². The Kier molecular flexibility index (Phi) is 5.81. The molecule has 0 unspecified atom stereocenters. The maximum Gasteiger partial charge on any atom is 0.0920 e. The van der Waals surface area contributed by atoms with Crippen LogP contribution in [0, 0.1) is 0 Å². The number of methoxy groups -OCH3 is 1. The van der Waals surface area contributed by atoms with Gasteiger partial charge in [-0.1, -0.05) is 54.6 Å². The number of hydrogen-bond donors (Lipinski definition) is 1. The molecule has 1 heterocycles. The van der Waals surface area contributed by atoms with E-state index < -0.39 is 5.60 Å². The van der Waals surface area contributed by atoms with E-state index in [2.05, 4.69) is 67.3 Å². The summed E-state index contributed by atoms with van der Waals surface area (Å²) in [5.41, 5.74) is 2.65. The Bertz CT molecular complexity index is 686. The molecule has 0 aromatic heterocycles. The van der Waals surface area contributed by atoms with Crippen LogP contribution in [0.2, 0.25) is 0 Å². The van der Waals surface area contributed by atoms with Crippen LogP contribution in [-0.2, 0) is 10.3 Å². The van der Waals surface area contributed by atoms with E-state index >= 15 is 0 Å². The molecule has 0 amide bonds. The fourth-order valence-corrected chi connectivity index (χ4v) is 3.57. The van der Waals surface area contributed by atoms with Gasteiger partial charge in [0.15, 0.2) is 0 Å². The number of hydrogen-bond acceptors (Lipinski definition) is 3. The molecule has 3 rings (SSSR count). The zero-order valence-electron chi connectivity index (χ0n) is 16.2. The molecule has 0 radical (unpaired) electrons. The number of aliphatic hydroxyl groups is 1. The molecule has 2 aromatic rings. The van der Waals surface area contributed by atoms with Crippen molar-refractivity contribution in [3.05, 3.63) is 60.2 Å². The molecule has 1 N–H and O–H groups in total. The maximum absolute atomic E-state index is 11.1. The minimum absolute atomic E-state index is 0.0823. The number of rotatable bonds is 6. The first-order valence-corrected chi connectivity index (χ1v) is 9.58. The molecule has 1 aliphatic heterocycles. The molecular formula is C23H31NO2. The monoisotopic (exact) mass is 353 g/mol. The molecule has 1 fully saturated rings. The molecule has 0 bridgehead atoms. The van der Waals surface area contributed by atoms with Gasteiger partial charge >= 0.3 is 0 Å².